The highest BCUT2D eigenvalue weighted by molar-refractivity contribution is 5.92. The van der Waals surface area contributed by atoms with Crippen LogP contribution in [-0.4, -0.2) is 60.3 Å². The molecule has 1 amide bonds. The third-order valence-electron chi connectivity index (χ3n) is 4.39. The predicted octanol–water partition coefficient (Wildman–Crippen LogP) is 1.58. The fourth-order valence-electron chi connectivity index (χ4n) is 3.01. The molecule has 0 radical (unpaired) electrons. The van der Waals surface area contributed by atoms with Crippen molar-refractivity contribution in [2.24, 2.45) is 0 Å². The summed E-state index contributed by atoms with van der Waals surface area (Å²) in [6.45, 7) is 9.62. The van der Waals surface area contributed by atoms with Gasteiger partial charge in [0.1, 0.15) is 5.69 Å². The molecule has 3 rings (SSSR count). The van der Waals surface area contributed by atoms with Gasteiger partial charge >= 0.3 is 0 Å². The Morgan fingerprint density at radius 1 is 1.21 bits per heavy atom. The summed E-state index contributed by atoms with van der Waals surface area (Å²) in [7, 11) is 0. The number of nitrogens with zero attached hydrogens (tertiary/aromatic N) is 3. The van der Waals surface area contributed by atoms with E-state index in [0.717, 1.165) is 38.4 Å². The Bertz CT molecular complexity index is 688. The molecule has 1 aliphatic rings. The van der Waals surface area contributed by atoms with Crippen LogP contribution in [-0.2, 0) is 0 Å². The van der Waals surface area contributed by atoms with Crippen LogP contribution in [0.15, 0.2) is 30.3 Å². The number of aryl methyl sites for hydroxylation is 2. The predicted molar refractivity (Wildman–Crippen MR) is 95.5 cm³/mol. The van der Waals surface area contributed by atoms with Gasteiger partial charge < -0.3 is 10.2 Å². The van der Waals surface area contributed by atoms with Crippen LogP contribution in [0.5, 0.6) is 0 Å². The van der Waals surface area contributed by atoms with Crippen LogP contribution in [0, 0.1) is 13.8 Å². The molecule has 1 aliphatic heterocycles. The van der Waals surface area contributed by atoms with Gasteiger partial charge in [0.15, 0.2) is 0 Å². The van der Waals surface area contributed by atoms with Gasteiger partial charge in [0.05, 0.1) is 0 Å². The Hall–Kier alpha value is -2.34. The monoisotopic (exact) mass is 327 g/mol. The average molecular weight is 327 g/mol. The second kappa shape index (κ2) is 7.49. The van der Waals surface area contributed by atoms with Crippen molar-refractivity contribution in [1.82, 2.24) is 20.4 Å². The Balaban J connectivity index is 1.40. The zero-order valence-corrected chi connectivity index (χ0v) is 14.4. The van der Waals surface area contributed by atoms with E-state index >= 15 is 0 Å². The van der Waals surface area contributed by atoms with Crippen LogP contribution in [0.2, 0.25) is 0 Å². The Morgan fingerprint density at radius 2 is 2.00 bits per heavy atom. The lowest BCUT2D eigenvalue weighted by atomic mass is 10.2. The summed E-state index contributed by atoms with van der Waals surface area (Å²) < 4.78 is 0. The van der Waals surface area contributed by atoms with E-state index < -0.39 is 0 Å². The van der Waals surface area contributed by atoms with Crippen LogP contribution in [0.4, 0.5) is 5.69 Å². The average Bonchev–Trinajstić information content (AvgIpc) is 3.02. The molecule has 1 fully saturated rings. The topological polar surface area (TPSA) is 64.3 Å². The number of aromatic amines is 1. The number of benzene rings is 1. The fourth-order valence-corrected chi connectivity index (χ4v) is 3.01. The lowest BCUT2D eigenvalue weighted by Gasteiger charge is -2.36. The van der Waals surface area contributed by atoms with Gasteiger partial charge in [-0.3, -0.25) is 14.8 Å². The number of hydrogen-bond acceptors (Lipinski definition) is 4. The minimum atomic E-state index is -0.113. The quantitative estimate of drug-likeness (QED) is 0.875. The van der Waals surface area contributed by atoms with Gasteiger partial charge in [-0.2, -0.15) is 5.10 Å². The number of carbonyl (C=O) groups excluding carboxylic acids is 1. The molecule has 0 saturated carbocycles. The molecule has 6 nitrogen and oxygen atoms in total. The van der Waals surface area contributed by atoms with Gasteiger partial charge in [-0.15, -0.1) is 0 Å². The standard InChI is InChI=1S/C18H25N5O/c1-14-4-3-5-16(12-14)23-10-8-22(9-11-23)7-6-19-18(24)17-13-15(2)20-21-17/h3-5,12-13H,6-11H2,1-2H3,(H,19,24)(H,20,21). The zero-order chi connectivity index (χ0) is 16.9. The molecule has 0 atom stereocenters. The molecule has 24 heavy (non-hydrogen) atoms. The maximum atomic E-state index is 11.9. The Labute approximate surface area is 142 Å². The number of piperazine rings is 1. The van der Waals surface area contributed by atoms with Crippen LogP contribution in [0.25, 0.3) is 0 Å². The molecule has 2 N–H and O–H groups in total. The number of H-pyrrole nitrogens is 1. The molecule has 1 aromatic heterocycles. The van der Waals surface area contributed by atoms with Gasteiger partial charge in [-0.25, -0.2) is 0 Å². The first-order valence-electron chi connectivity index (χ1n) is 8.46. The molecule has 6 heteroatoms. The molecule has 1 saturated heterocycles. The smallest absolute Gasteiger partial charge is 0.271 e. The van der Waals surface area contributed by atoms with Crippen molar-refractivity contribution in [3.8, 4) is 0 Å². The van der Waals surface area contributed by atoms with E-state index in [9.17, 15) is 4.79 Å². The number of amides is 1. The lowest BCUT2D eigenvalue weighted by Crippen LogP contribution is -2.48. The van der Waals surface area contributed by atoms with Gasteiger partial charge in [-0.1, -0.05) is 12.1 Å². The first-order chi connectivity index (χ1) is 11.6. The highest BCUT2D eigenvalue weighted by Crippen LogP contribution is 2.17. The van der Waals surface area contributed by atoms with Crippen molar-refractivity contribution in [3.63, 3.8) is 0 Å². The van der Waals surface area contributed by atoms with Gasteiger partial charge in [0, 0.05) is 50.6 Å². The lowest BCUT2D eigenvalue weighted by molar-refractivity contribution is 0.0943. The van der Waals surface area contributed by atoms with Gasteiger partial charge in [-0.05, 0) is 37.6 Å². The van der Waals surface area contributed by atoms with E-state index in [4.69, 9.17) is 0 Å². The minimum Gasteiger partial charge on any atom is -0.369 e. The van der Waals surface area contributed by atoms with Crippen LogP contribution < -0.4 is 10.2 Å². The molecule has 0 unspecified atom stereocenters. The molecular formula is C18H25N5O. The number of carbonyl (C=O) groups is 1. The minimum absolute atomic E-state index is 0.113. The summed E-state index contributed by atoms with van der Waals surface area (Å²) in [6.07, 6.45) is 0. The molecule has 2 heterocycles. The zero-order valence-electron chi connectivity index (χ0n) is 14.4. The number of aromatic nitrogens is 2. The van der Waals surface area contributed by atoms with Crippen LogP contribution >= 0.6 is 0 Å². The van der Waals surface area contributed by atoms with Gasteiger partial charge in [0.25, 0.3) is 5.91 Å². The Morgan fingerprint density at radius 3 is 2.67 bits per heavy atom. The van der Waals surface area contributed by atoms with E-state index in [-0.39, 0.29) is 5.91 Å². The third-order valence-corrected chi connectivity index (χ3v) is 4.39. The largest absolute Gasteiger partial charge is 0.369 e. The van der Waals surface area contributed by atoms with Gasteiger partial charge in [0.2, 0.25) is 0 Å². The molecule has 0 spiro atoms. The van der Waals surface area contributed by atoms with E-state index in [2.05, 4.69) is 56.5 Å². The molecule has 128 valence electrons. The first kappa shape index (κ1) is 16.5. The fraction of sp³-hybridized carbons (Fsp3) is 0.444. The summed E-state index contributed by atoms with van der Waals surface area (Å²) in [5.74, 6) is -0.113. The summed E-state index contributed by atoms with van der Waals surface area (Å²) in [4.78, 5) is 16.8. The highest BCUT2D eigenvalue weighted by atomic mass is 16.1. The number of anilines is 1. The first-order valence-corrected chi connectivity index (χ1v) is 8.46. The van der Waals surface area contributed by atoms with E-state index in [1.54, 1.807) is 6.07 Å². The second-order valence-electron chi connectivity index (χ2n) is 6.36. The summed E-state index contributed by atoms with van der Waals surface area (Å²) in [5.41, 5.74) is 3.95. The molecule has 0 aliphatic carbocycles. The summed E-state index contributed by atoms with van der Waals surface area (Å²) in [6, 6.07) is 10.4. The van der Waals surface area contributed by atoms with Crippen molar-refractivity contribution < 1.29 is 4.79 Å². The maximum absolute atomic E-state index is 11.9. The number of nitrogens with one attached hydrogen (secondary N) is 2. The van der Waals surface area contributed by atoms with E-state index in [1.807, 2.05) is 6.92 Å². The van der Waals surface area contributed by atoms with Crippen molar-refractivity contribution in [2.75, 3.05) is 44.2 Å². The maximum Gasteiger partial charge on any atom is 0.271 e. The van der Waals surface area contributed by atoms with E-state index in [0.29, 0.717) is 12.2 Å². The van der Waals surface area contributed by atoms with Crippen molar-refractivity contribution in [2.45, 2.75) is 13.8 Å². The molecule has 0 bridgehead atoms. The second-order valence-corrected chi connectivity index (χ2v) is 6.36. The van der Waals surface area contributed by atoms with Crippen LogP contribution in [0.1, 0.15) is 21.7 Å². The molecule has 2 aromatic rings. The number of rotatable bonds is 5. The SMILES string of the molecule is Cc1cccc(N2CCN(CCNC(=O)c3cc(C)[nH]n3)CC2)c1. The highest BCUT2D eigenvalue weighted by Gasteiger charge is 2.17. The number of hydrogen-bond donors (Lipinski definition) is 2. The van der Waals surface area contributed by atoms with Crippen molar-refractivity contribution in [1.29, 1.82) is 0 Å². The molecule has 1 aromatic carbocycles. The summed E-state index contributed by atoms with van der Waals surface area (Å²) >= 11 is 0. The normalized spacial score (nSPS) is 15.5. The van der Waals surface area contributed by atoms with Crippen molar-refractivity contribution >= 4 is 11.6 Å². The van der Waals surface area contributed by atoms with Crippen molar-refractivity contribution in [3.05, 3.63) is 47.3 Å². The van der Waals surface area contributed by atoms with Crippen LogP contribution in [0.3, 0.4) is 0 Å². The third kappa shape index (κ3) is 4.14. The summed E-state index contributed by atoms with van der Waals surface area (Å²) in [5, 5.41) is 9.69. The Kier molecular flexibility index (Phi) is 5.15. The molecular weight excluding hydrogens is 302 g/mol. The van der Waals surface area contributed by atoms with E-state index in [1.165, 1.54) is 11.3 Å².